The van der Waals surface area contributed by atoms with E-state index in [2.05, 4.69) is 31.3 Å². The van der Waals surface area contributed by atoms with Gasteiger partial charge in [-0.3, -0.25) is 15.2 Å². The molecular weight excluding hydrogens is 330 g/mol. The fourth-order valence-corrected chi connectivity index (χ4v) is 3.68. The number of rotatable bonds is 4. The third kappa shape index (κ3) is 3.66. The summed E-state index contributed by atoms with van der Waals surface area (Å²) in [6, 6.07) is 8.02. The summed E-state index contributed by atoms with van der Waals surface area (Å²) in [6.07, 6.45) is 7.02. The molecule has 2 aliphatic heterocycles. The smallest absolute Gasteiger partial charge is 0.229 e. The molecule has 2 aliphatic rings. The minimum atomic E-state index is -0.0955. The predicted molar refractivity (Wildman–Crippen MR) is 96.9 cm³/mol. The molecule has 2 aromatic heterocycles. The van der Waals surface area contributed by atoms with Gasteiger partial charge in [-0.15, -0.1) is 5.10 Å². The fraction of sp³-hybridized carbons (Fsp3) is 0.444. The van der Waals surface area contributed by atoms with Crippen LogP contribution < -0.4 is 16.2 Å². The second kappa shape index (κ2) is 7.76. The van der Waals surface area contributed by atoms with Crippen molar-refractivity contribution in [1.82, 2.24) is 30.9 Å². The summed E-state index contributed by atoms with van der Waals surface area (Å²) in [5.41, 5.74) is 7.45. The van der Waals surface area contributed by atoms with Crippen LogP contribution in [-0.2, 0) is 4.79 Å². The van der Waals surface area contributed by atoms with Crippen molar-refractivity contribution in [2.75, 3.05) is 25.0 Å². The number of pyridine rings is 1. The van der Waals surface area contributed by atoms with Crippen LogP contribution in [0.4, 0.5) is 5.82 Å². The lowest BCUT2D eigenvalue weighted by molar-refractivity contribution is -0.136. The van der Waals surface area contributed by atoms with Crippen molar-refractivity contribution in [3.05, 3.63) is 48.4 Å². The van der Waals surface area contributed by atoms with E-state index in [0.717, 1.165) is 37.3 Å². The number of aromatic nitrogens is 3. The molecule has 2 aromatic rings. The average molecular weight is 353 g/mol. The molecule has 3 N–H and O–H groups in total. The Morgan fingerprint density at radius 2 is 1.96 bits per heavy atom. The van der Waals surface area contributed by atoms with E-state index in [1.54, 1.807) is 18.6 Å². The van der Waals surface area contributed by atoms with Crippen LogP contribution in [-0.4, -0.2) is 51.7 Å². The van der Waals surface area contributed by atoms with E-state index in [1.807, 2.05) is 29.2 Å². The van der Waals surface area contributed by atoms with Gasteiger partial charge < -0.3 is 10.2 Å². The van der Waals surface area contributed by atoms with Crippen LogP contribution in [0.3, 0.4) is 0 Å². The van der Waals surface area contributed by atoms with E-state index in [9.17, 15) is 4.79 Å². The summed E-state index contributed by atoms with van der Waals surface area (Å²) in [7, 11) is 0. The number of carbonyl (C=O) groups is 1. The SMILES string of the molecule is O=C(C1CNNC1c1ccncc1)N1CCC(Nc2cccnn2)CC1. The Morgan fingerprint density at radius 1 is 1.15 bits per heavy atom. The minimum Gasteiger partial charge on any atom is -0.366 e. The van der Waals surface area contributed by atoms with Crippen LogP contribution >= 0.6 is 0 Å². The molecule has 0 spiro atoms. The van der Waals surface area contributed by atoms with E-state index in [4.69, 9.17) is 0 Å². The lowest BCUT2D eigenvalue weighted by Crippen LogP contribution is -2.46. The standard InChI is InChI=1S/C18H23N7O/c26-18(15-12-21-24-17(15)13-3-8-19-9-4-13)25-10-5-14(6-11-25)22-16-2-1-7-20-23-16/h1-4,7-9,14-15,17,21,24H,5-6,10-12H2,(H,22,23). The molecular formula is C18H23N7O. The second-order valence-corrected chi connectivity index (χ2v) is 6.74. The van der Waals surface area contributed by atoms with Gasteiger partial charge in [0, 0.05) is 44.3 Å². The van der Waals surface area contributed by atoms with Crippen LogP contribution in [0.2, 0.25) is 0 Å². The number of hydrogen-bond donors (Lipinski definition) is 3. The number of nitrogens with one attached hydrogen (secondary N) is 3. The normalized spacial score (nSPS) is 23.8. The van der Waals surface area contributed by atoms with Gasteiger partial charge in [-0.25, -0.2) is 5.43 Å². The Bertz CT molecular complexity index is 719. The number of hydrogen-bond acceptors (Lipinski definition) is 7. The maximum Gasteiger partial charge on any atom is 0.229 e. The third-order valence-electron chi connectivity index (χ3n) is 5.10. The molecule has 0 saturated carbocycles. The number of piperidine rings is 1. The third-order valence-corrected chi connectivity index (χ3v) is 5.10. The van der Waals surface area contributed by atoms with Crippen molar-refractivity contribution in [3.8, 4) is 0 Å². The molecule has 8 nitrogen and oxygen atoms in total. The van der Waals surface area contributed by atoms with Crippen molar-refractivity contribution in [3.63, 3.8) is 0 Å². The highest BCUT2D eigenvalue weighted by Crippen LogP contribution is 2.27. The average Bonchev–Trinajstić information content (AvgIpc) is 3.19. The van der Waals surface area contributed by atoms with Gasteiger partial charge >= 0.3 is 0 Å². The van der Waals surface area contributed by atoms with Crippen LogP contribution in [0.25, 0.3) is 0 Å². The molecule has 0 bridgehead atoms. The number of nitrogens with zero attached hydrogens (tertiary/aromatic N) is 4. The highest BCUT2D eigenvalue weighted by atomic mass is 16.2. The number of anilines is 1. The molecule has 2 unspecified atom stereocenters. The molecule has 0 radical (unpaired) electrons. The van der Waals surface area contributed by atoms with E-state index in [-0.39, 0.29) is 17.9 Å². The van der Waals surface area contributed by atoms with Crippen molar-refractivity contribution >= 4 is 11.7 Å². The van der Waals surface area contributed by atoms with E-state index < -0.39 is 0 Å². The van der Waals surface area contributed by atoms with Crippen LogP contribution in [0.5, 0.6) is 0 Å². The highest BCUT2D eigenvalue weighted by molar-refractivity contribution is 5.80. The van der Waals surface area contributed by atoms with E-state index >= 15 is 0 Å². The quantitative estimate of drug-likeness (QED) is 0.746. The van der Waals surface area contributed by atoms with Gasteiger partial charge in [0.1, 0.15) is 5.82 Å². The Labute approximate surface area is 152 Å². The van der Waals surface area contributed by atoms with E-state index in [1.165, 1.54) is 0 Å². The van der Waals surface area contributed by atoms with Gasteiger partial charge in [0.2, 0.25) is 5.91 Å². The molecule has 2 saturated heterocycles. The first-order valence-electron chi connectivity index (χ1n) is 9.02. The topological polar surface area (TPSA) is 95.1 Å². The number of hydrazine groups is 1. The van der Waals surface area contributed by atoms with Gasteiger partial charge in [-0.2, -0.15) is 5.10 Å². The zero-order valence-electron chi connectivity index (χ0n) is 14.5. The molecule has 136 valence electrons. The minimum absolute atomic E-state index is 0.0130. The first-order chi connectivity index (χ1) is 12.8. The maximum atomic E-state index is 13.0. The van der Waals surface area contributed by atoms with Gasteiger partial charge in [-0.1, -0.05) is 0 Å². The summed E-state index contributed by atoms with van der Waals surface area (Å²) in [6.45, 7) is 2.16. The maximum absolute atomic E-state index is 13.0. The van der Waals surface area contributed by atoms with Crippen molar-refractivity contribution in [2.24, 2.45) is 5.92 Å². The van der Waals surface area contributed by atoms with Gasteiger partial charge in [0.15, 0.2) is 0 Å². The molecule has 0 aliphatic carbocycles. The molecule has 26 heavy (non-hydrogen) atoms. The van der Waals surface area contributed by atoms with Crippen molar-refractivity contribution in [1.29, 1.82) is 0 Å². The lowest BCUT2D eigenvalue weighted by atomic mass is 9.93. The summed E-state index contributed by atoms with van der Waals surface area (Å²) >= 11 is 0. The fourth-order valence-electron chi connectivity index (χ4n) is 3.68. The lowest BCUT2D eigenvalue weighted by Gasteiger charge is -2.34. The van der Waals surface area contributed by atoms with Gasteiger partial charge in [-0.05, 0) is 42.7 Å². The Hall–Kier alpha value is -2.58. The Balaban J connectivity index is 1.34. The molecule has 2 fully saturated rings. The molecule has 2 atom stereocenters. The van der Waals surface area contributed by atoms with Crippen LogP contribution in [0.15, 0.2) is 42.9 Å². The van der Waals surface area contributed by atoms with Crippen LogP contribution in [0.1, 0.15) is 24.4 Å². The second-order valence-electron chi connectivity index (χ2n) is 6.74. The van der Waals surface area contributed by atoms with E-state index in [0.29, 0.717) is 12.6 Å². The summed E-state index contributed by atoms with van der Waals surface area (Å²) < 4.78 is 0. The largest absolute Gasteiger partial charge is 0.366 e. The number of likely N-dealkylation sites (tertiary alicyclic amines) is 1. The molecule has 4 heterocycles. The predicted octanol–water partition coefficient (Wildman–Crippen LogP) is 0.740. The summed E-state index contributed by atoms with van der Waals surface area (Å²) in [5, 5.41) is 11.4. The zero-order valence-corrected chi connectivity index (χ0v) is 14.5. The van der Waals surface area contributed by atoms with Gasteiger partial charge in [0.05, 0.1) is 12.0 Å². The van der Waals surface area contributed by atoms with Crippen molar-refractivity contribution in [2.45, 2.75) is 24.9 Å². The summed E-state index contributed by atoms with van der Waals surface area (Å²) in [5.74, 6) is 0.906. The zero-order chi connectivity index (χ0) is 17.8. The van der Waals surface area contributed by atoms with Gasteiger partial charge in [0.25, 0.3) is 0 Å². The first kappa shape index (κ1) is 16.9. The highest BCUT2D eigenvalue weighted by Gasteiger charge is 2.37. The monoisotopic (exact) mass is 353 g/mol. The first-order valence-corrected chi connectivity index (χ1v) is 9.02. The number of amides is 1. The molecule has 4 rings (SSSR count). The Morgan fingerprint density at radius 3 is 2.69 bits per heavy atom. The molecule has 1 amide bonds. The summed E-state index contributed by atoms with van der Waals surface area (Å²) in [4.78, 5) is 19.1. The number of carbonyl (C=O) groups excluding carboxylic acids is 1. The molecule has 8 heteroatoms. The molecule has 0 aromatic carbocycles. The van der Waals surface area contributed by atoms with Crippen LogP contribution in [0, 0.1) is 5.92 Å². The Kier molecular flexibility index (Phi) is 5.03. The van der Waals surface area contributed by atoms with Crippen molar-refractivity contribution < 1.29 is 4.79 Å².